The fraction of sp³-hybridized carbons (Fsp3) is 0.812. The number of rotatable bonds is 7. The van der Waals surface area contributed by atoms with Gasteiger partial charge in [0.15, 0.2) is 5.78 Å². The lowest BCUT2D eigenvalue weighted by atomic mass is 9.81. The number of hydrogen-bond acceptors (Lipinski definition) is 5. The first-order valence-electron chi connectivity index (χ1n) is 8.28. The maximum Gasteiger partial charge on any atom is 0.243 e. The molecular formula is C16H29BN2O3S. The molecule has 1 rings (SSSR count). The summed E-state index contributed by atoms with van der Waals surface area (Å²) in [6.07, 6.45) is 2.01. The molecule has 0 spiro atoms. The van der Waals surface area contributed by atoms with Crippen LogP contribution in [-0.4, -0.2) is 52.8 Å². The van der Waals surface area contributed by atoms with Crippen molar-refractivity contribution in [1.29, 1.82) is 0 Å². The van der Waals surface area contributed by atoms with E-state index in [1.165, 1.54) is 0 Å². The highest BCUT2D eigenvalue weighted by molar-refractivity contribution is 8.03. The maximum atomic E-state index is 12.7. The van der Waals surface area contributed by atoms with E-state index in [9.17, 15) is 14.4 Å². The van der Waals surface area contributed by atoms with Gasteiger partial charge in [0.25, 0.3) is 0 Å². The molecule has 1 aliphatic heterocycles. The predicted octanol–water partition coefficient (Wildman–Crippen LogP) is 0.939. The highest BCUT2D eigenvalue weighted by Crippen LogP contribution is 2.38. The Balaban J connectivity index is 3.00. The van der Waals surface area contributed by atoms with Crippen LogP contribution in [0.25, 0.3) is 0 Å². The van der Waals surface area contributed by atoms with Gasteiger partial charge in [-0.15, -0.1) is 0 Å². The summed E-state index contributed by atoms with van der Waals surface area (Å²) in [4.78, 5) is 38.8. The first-order valence-corrected chi connectivity index (χ1v) is 9.16. The number of nitrogens with two attached hydrogens (primary N) is 1. The number of likely N-dealkylation sites (tertiary alicyclic amines) is 1. The topological polar surface area (TPSA) is 80.5 Å². The molecular weight excluding hydrogens is 311 g/mol. The number of imide groups is 1. The molecule has 0 saturated carbocycles. The van der Waals surface area contributed by atoms with Crippen molar-refractivity contribution in [3.63, 3.8) is 0 Å². The molecule has 1 saturated heterocycles. The van der Waals surface area contributed by atoms with E-state index >= 15 is 0 Å². The summed E-state index contributed by atoms with van der Waals surface area (Å²) in [5.41, 5.74) is 5.08. The molecule has 0 aliphatic carbocycles. The zero-order chi connectivity index (χ0) is 18.0. The van der Waals surface area contributed by atoms with Gasteiger partial charge in [0.2, 0.25) is 11.8 Å². The molecule has 0 aromatic carbocycles. The second-order valence-electron chi connectivity index (χ2n) is 7.44. The zero-order valence-corrected chi connectivity index (χ0v) is 16.0. The SMILES string of the molecule is BC(CC)(CC)SC1CC(=O)N(C(CN)C(=O)C(C)(C)C)C1=O. The lowest BCUT2D eigenvalue weighted by molar-refractivity contribution is -0.148. The van der Waals surface area contributed by atoms with Crippen LogP contribution < -0.4 is 5.73 Å². The molecule has 1 aliphatic rings. The smallest absolute Gasteiger partial charge is 0.243 e. The van der Waals surface area contributed by atoms with Crippen molar-refractivity contribution in [2.45, 2.75) is 69.8 Å². The van der Waals surface area contributed by atoms with Crippen molar-refractivity contribution in [1.82, 2.24) is 4.90 Å². The molecule has 5 nitrogen and oxygen atoms in total. The second-order valence-corrected chi connectivity index (χ2v) is 9.23. The Hall–Kier alpha value is -0.815. The first kappa shape index (κ1) is 20.2. The minimum absolute atomic E-state index is 0.0240. The van der Waals surface area contributed by atoms with Gasteiger partial charge in [-0.1, -0.05) is 34.6 Å². The Kier molecular flexibility index (Phi) is 6.50. The first-order chi connectivity index (χ1) is 10.5. The Morgan fingerprint density at radius 2 is 1.87 bits per heavy atom. The fourth-order valence-corrected chi connectivity index (χ4v) is 4.09. The van der Waals surface area contributed by atoms with E-state index in [4.69, 9.17) is 5.73 Å². The molecule has 23 heavy (non-hydrogen) atoms. The van der Waals surface area contributed by atoms with Crippen LogP contribution in [0.3, 0.4) is 0 Å². The average Bonchev–Trinajstić information content (AvgIpc) is 2.74. The van der Waals surface area contributed by atoms with Gasteiger partial charge < -0.3 is 5.73 Å². The zero-order valence-electron chi connectivity index (χ0n) is 15.1. The van der Waals surface area contributed by atoms with Crippen molar-refractivity contribution < 1.29 is 14.4 Å². The van der Waals surface area contributed by atoms with E-state index in [0.717, 1.165) is 17.7 Å². The standard InChI is InChI=1S/C16H29BN2O3S/c1-6-16(17,7-2)23-11-8-12(20)19(14(11)22)10(9-18)13(21)15(3,4)5/h10-11H,6-9,17-18H2,1-5H3. The van der Waals surface area contributed by atoms with E-state index in [-0.39, 0.29) is 35.2 Å². The van der Waals surface area contributed by atoms with Crippen molar-refractivity contribution in [2.24, 2.45) is 11.1 Å². The minimum atomic E-state index is -0.852. The molecule has 1 heterocycles. The van der Waals surface area contributed by atoms with Crippen molar-refractivity contribution in [2.75, 3.05) is 6.54 Å². The quantitative estimate of drug-likeness (QED) is 0.551. The highest BCUT2D eigenvalue weighted by atomic mass is 32.2. The average molecular weight is 340 g/mol. The van der Waals surface area contributed by atoms with E-state index in [1.807, 2.05) is 0 Å². The summed E-state index contributed by atoms with van der Waals surface area (Å²) < 4.78 is -0.0388. The Bertz CT molecular complexity index is 486. The van der Waals surface area contributed by atoms with E-state index < -0.39 is 16.7 Å². The highest BCUT2D eigenvalue weighted by Gasteiger charge is 2.47. The molecule has 0 radical (unpaired) electrons. The molecule has 0 aromatic heterocycles. The molecule has 7 heteroatoms. The number of Topliss-reactive ketones (excluding diaryl/α,β-unsaturated/α-hetero) is 1. The van der Waals surface area contributed by atoms with Gasteiger partial charge in [-0.2, -0.15) is 11.8 Å². The fourth-order valence-electron chi connectivity index (χ4n) is 2.63. The minimum Gasteiger partial charge on any atom is -0.328 e. The number of amides is 2. The number of nitrogens with zero attached hydrogens (tertiary/aromatic N) is 1. The van der Waals surface area contributed by atoms with Crippen LogP contribution in [0.4, 0.5) is 0 Å². The lowest BCUT2D eigenvalue weighted by Crippen LogP contribution is -2.52. The predicted molar refractivity (Wildman–Crippen MR) is 97.0 cm³/mol. The maximum absolute atomic E-state index is 12.7. The summed E-state index contributed by atoms with van der Waals surface area (Å²) in [5.74, 6) is -0.711. The number of carbonyl (C=O) groups is 3. The molecule has 1 fully saturated rings. The van der Waals surface area contributed by atoms with Gasteiger partial charge in [-0.3, -0.25) is 19.3 Å². The summed E-state index contributed by atoms with van der Waals surface area (Å²) in [7, 11) is 2.11. The summed E-state index contributed by atoms with van der Waals surface area (Å²) in [5, 5.41) is -0.408. The number of ketones is 1. The molecule has 2 atom stereocenters. The van der Waals surface area contributed by atoms with Crippen molar-refractivity contribution in [3.8, 4) is 0 Å². The van der Waals surface area contributed by atoms with Crippen LogP contribution in [0.5, 0.6) is 0 Å². The number of hydrogen-bond donors (Lipinski definition) is 1. The normalized spacial score (nSPS) is 21.0. The summed E-state index contributed by atoms with van der Waals surface area (Å²) >= 11 is 1.55. The third kappa shape index (κ3) is 4.38. The number of thioether (sulfide) groups is 1. The molecule has 2 amide bonds. The third-order valence-electron chi connectivity index (χ3n) is 4.64. The van der Waals surface area contributed by atoms with E-state index in [0.29, 0.717) is 0 Å². The van der Waals surface area contributed by atoms with Crippen molar-refractivity contribution in [3.05, 3.63) is 0 Å². The van der Waals surface area contributed by atoms with Crippen LogP contribution >= 0.6 is 11.8 Å². The monoisotopic (exact) mass is 340 g/mol. The molecule has 130 valence electrons. The van der Waals surface area contributed by atoms with Crippen LogP contribution in [0.2, 0.25) is 0 Å². The van der Waals surface area contributed by atoms with E-state index in [2.05, 4.69) is 21.7 Å². The van der Waals surface area contributed by atoms with Gasteiger partial charge in [-0.05, 0) is 17.5 Å². The van der Waals surface area contributed by atoms with Crippen LogP contribution in [0.1, 0.15) is 53.9 Å². The third-order valence-corrected chi connectivity index (χ3v) is 6.44. The van der Waals surface area contributed by atoms with Crippen molar-refractivity contribution >= 4 is 37.2 Å². The number of carbonyl (C=O) groups excluding carboxylic acids is 3. The van der Waals surface area contributed by atoms with E-state index in [1.54, 1.807) is 32.5 Å². The Morgan fingerprint density at radius 3 is 2.26 bits per heavy atom. The van der Waals surface area contributed by atoms with Gasteiger partial charge in [0.1, 0.15) is 13.9 Å². The van der Waals surface area contributed by atoms with Crippen LogP contribution in [0.15, 0.2) is 0 Å². The van der Waals surface area contributed by atoms with Crippen LogP contribution in [-0.2, 0) is 14.4 Å². The Labute approximate surface area is 144 Å². The molecule has 2 N–H and O–H groups in total. The van der Waals surface area contributed by atoms with Gasteiger partial charge >= 0.3 is 0 Å². The molecule has 0 aromatic rings. The molecule has 0 bridgehead atoms. The van der Waals surface area contributed by atoms with Gasteiger partial charge in [-0.25, -0.2) is 0 Å². The largest absolute Gasteiger partial charge is 0.328 e. The molecule has 2 unspecified atom stereocenters. The van der Waals surface area contributed by atoms with Gasteiger partial charge in [0, 0.05) is 18.4 Å². The van der Waals surface area contributed by atoms with Gasteiger partial charge in [0.05, 0.1) is 5.25 Å². The van der Waals surface area contributed by atoms with Crippen LogP contribution in [0, 0.1) is 5.41 Å². The summed E-state index contributed by atoms with van der Waals surface area (Å²) in [6.45, 7) is 9.48. The lowest BCUT2D eigenvalue weighted by Gasteiger charge is -2.31. The second kappa shape index (κ2) is 7.39. The summed E-state index contributed by atoms with van der Waals surface area (Å²) in [6, 6.07) is -0.852. The Morgan fingerprint density at radius 1 is 1.35 bits per heavy atom.